The monoisotopic (exact) mass is 415 g/mol. The molecule has 2 fully saturated rings. The van der Waals surface area contributed by atoms with Gasteiger partial charge in [-0.05, 0) is 18.2 Å². The van der Waals surface area contributed by atoms with Gasteiger partial charge >= 0.3 is 0 Å². The second-order valence-electron chi connectivity index (χ2n) is 6.75. The van der Waals surface area contributed by atoms with Gasteiger partial charge in [0.15, 0.2) is 0 Å². The summed E-state index contributed by atoms with van der Waals surface area (Å²) in [6.07, 6.45) is 1.49. The highest BCUT2D eigenvalue weighted by molar-refractivity contribution is 5.84. The van der Waals surface area contributed by atoms with Gasteiger partial charge in [-0.25, -0.2) is 5.43 Å². The third-order valence-electron chi connectivity index (χ3n) is 4.80. The standard InChI is InChI=1S/C19H25N7O4/c1-28-15-2-3-16(27)14(12-15)13-20-24-17-21-18(25-4-8-29-9-5-25)23-19(22-17)26-6-10-30-11-7-26/h2-3,12-13,27H,4-11H2,1H3,(H,21,22,23,24)/b20-13-. The predicted octanol–water partition coefficient (Wildman–Crippen LogP) is 0.705. The Bertz CT molecular complexity index is 847. The third-order valence-corrected chi connectivity index (χ3v) is 4.80. The van der Waals surface area contributed by atoms with Crippen LogP contribution in [0.1, 0.15) is 5.56 Å². The molecule has 160 valence electrons. The molecule has 11 heteroatoms. The van der Waals surface area contributed by atoms with E-state index in [1.807, 2.05) is 0 Å². The van der Waals surface area contributed by atoms with E-state index >= 15 is 0 Å². The first-order valence-electron chi connectivity index (χ1n) is 9.80. The summed E-state index contributed by atoms with van der Waals surface area (Å²) >= 11 is 0. The maximum absolute atomic E-state index is 10.0. The van der Waals surface area contributed by atoms with Crippen molar-refractivity contribution in [3.05, 3.63) is 23.8 Å². The van der Waals surface area contributed by atoms with Gasteiger partial charge in [-0.2, -0.15) is 20.1 Å². The van der Waals surface area contributed by atoms with Crippen LogP contribution < -0.4 is 20.0 Å². The molecule has 2 aliphatic heterocycles. The van der Waals surface area contributed by atoms with E-state index in [-0.39, 0.29) is 5.75 Å². The van der Waals surface area contributed by atoms with Crippen LogP contribution >= 0.6 is 0 Å². The molecule has 2 N–H and O–H groups in total. The highest BCUT2D eigenvalue weighted by atomic mass is 16.5. The second-order valence-corrected chi connectivity index (χ2v) is 6.75. The number of aromatic nitrogens is 3. The van der Waals surface area contributed by atoms with Crippen molar-refractivity contribution in [3.63, 3.8) is 0 Å². The molecule has 0 spiro atoms. The van der Waals surface area contributed by atoms with Crippen molar-refractivity contribution < 1.29 is 19.3 Å². The van der Waals surface area contributed by atoms with Crippen molar-refractivity contribution in [2.24, 2.45) is 5.10 Å². The quantitative estimate of drug-likeness (QED) is 0.516. The molecule has 30 heavy (non-hydrogen) atoms. The number of phenolic OH excluding ortho intramolecular Hbond substituents is 1. The molecule has 0 unspecified atom stereocenters. The van der Waals surface area contributed by atoms with E-state index < -0.39 is 0 Å². The van der Waals surface area contributed by atoms with Crippen LogP contribution in [0, 0.1) is 0 Å². The van der Waals surface area contributed by atoms with Gasteiger partial charge in [0.05, 0.1) is 39.8 Å². The number of morpholine rings is 2. The number of ether oxygens (including phenoxy) is 3. The zero-order chi connectivity index (χ0) is 20.8. The molecule has 2 aliphatic rings. The van der Waals surface area contributed by atoms with Gasteiger partial charge in [0.2, 0.25) is 17.8 Å². The van der Waals surface area contributed by atoms with E-state index in [1.54, 1.807) is 25.3 Å². The Labute approximate surface area is 174 Å². The number of hydrogen-bond donors (Lipinski definition) is 2. The molecule has 0 aliphatic carbocycles. The Hall–Kier alpha value is -3.18. The Balaban J connectivity index is 1.56. The Morgan fingerprint density at radius 2 is 1.60 bits per heavy atom. The number of nitrogens with zero attached hydrogens (tertiary/aromatic N) is 6. The first kappa shape index (κ1) is 20.1. The van der Waals surface area contributed by atoms with Crippen molar-refractivity contribution in [1.29, 1.82) is 0 Å². The van der Waals surface area contributed by atoms with Crippen LogP contribution in [-0.2, 0) is 9.47 Å². The van der Waals surface area contributed by atoms with E-state index in [0.29, 0.717) is 81.8 Å². The second kappa shape index (κ2) is 9.55. The number of hydrazone groups is 1. The number of methoxy groups -OCH3 is 1. The van der Waals surface area contributed by atoms with Gasteiger partial charge in [0, 0.05) is 31.7 Å². The minimum Gasteiger partial charge on any atom is -0.507 e. The van der Waals surface area contributed by atoms with Crippen LogP contribution in [0.5, 0.6) is 11.5 Å². The van der Waals surface area contributed by atoms with Gasteiger partial charge in [0.1, 0.15) is 11.5 Å². The van der Waals surface area contributed by atoms with Crippen LogP contribution in [0.2, 0.25) is 0 Å². The molecular formula is C19H25N7O4. The van der Waals surface area contributed by atoms with Crippen LogP contribution in [0.3, 0.4) is 0 Å². The lowest BCUT2D eigenvalue weighted by molar-refractivity contribution is 0.121. The van der Waals surface area contributed by atoms with Crippen molar-refractivity contribution >= 4 is 24.1 Å². The van der Waals surface area contributed by atoms with E-state index in [2.05, 4.69) is 35.3 Å². The largest absolute Gasteiger partial charge is 0.507 e. The summed E-state index contributed by atoms with van der Waals surface area (Å²) in [5, 5.41) is 14.2. The lowest BCUT2D eigenvalue weighted by Crippen LogP contribution is -2.40. The van der Waals surface area contributed by atoms with Crippen molar-refractivity contribution in [2.75, 3.05) is 74.9 Å². The minimum atomic E-state index is 0.0972. The fourth-order valence-corrected chi connectivity index (χ4v) is 3.14. The molecule has 1 aromatic heterocycles. The molecule has 0 amide bonds. The molecule has 3 heterocycles. The lowest BCUT2D eigenvalue weighted by Gasteiger charge is -2.30. The molecule has 2 saturated heterocycles. The first-order chi connectivity index (χ1) is 14.7. The fraction of sp³-hybridized carbons (Fsp3) is 0.474. The number of benzene rings is 1. The number of aromatic hydroxyl groups is 1. The van der Waals surface area contributed by atoms with Gasteiger partial charge in [-0.15, -0.1) is 0 Å². The van der Waals surface area contributed by atoms with Crippen LogP contribution in [-0.4, -0.2) is 86.0 Å². The van der Waals surface area contributed by atoms with Crippen LogP contribution in [0.15, 0.2) is 23.3 Å². The fourth-order valence-electron chi connectivity index (χ4n) is 3.14. The van der Waals surface area contributed by atoms with Gasteiger partial charge in [0.25, 0.3) is 0 Å². The lowest BCUT2D eigenvalue weighted by atomic mass is 10.2. The predicted molar refractivity (Wildman–Crippen MR) is 112 cm³/mol. The molecule has 0 atom stereocenters. The first-order valence-corrected chi connectivity index (χ1v) is 9.80. The number of rotatable bonds is 6. The van der Waals surface area contributed by atoms with Gasteiger partial charge in [-0.1, -0.05) is 0 Å². The topological polar surface area (TPSA) is 117 Å². The third kappa shape index (κ3) is 4.86. The smallest absolute Gasteiger partial charge is 0.250 e. The Morgan fingerprint density at radius 3 is 2.17 bits per heavy atom. The summed E-state index contributed by atoms with van der Waals surface area (Å²) in [6.45, 7) is 5.40. The van der Waals surface area contributed by atoms with Crippen LogP contribution in [0.4, 0.5) is 17.8 Å². The van der Waals surface area contributed by atoms with Crippen molar-refractivity contribution in [2.45, 2.75) is 0 Å². The molecular weight excluding hydrogens is 390 g/mol. The van der Waals surface area contributed by atoms with E-state index in [1.165, 1.54) is 6.21 Å². The molecule has 0 saturated carbocycles. The molecule has 2 aromatic rings. The van der Waals surface area contributed by atoms with Crippen molar-refractivity contribution in [3.8, 4) is 11.5 Å². The molecule has 11 nitrogen and oxygen atoms in total. The summed E-state index contributed by atoms with van der Waals surface area (Å²) in [5.74, 6) is 2.21. The van der Waals surface area contributed by atoms with Gasteiger partial charge < -0.3 is 29.1 Å². The number of anilines is 3. The Morgan fingerprint density at radius 1 is 1.00 bits per heavy atom. The average Bonchev–Trinajstić information content (AvgIpc) is 2.81. The van der Waals surface area contributed by atoms with E-state index in [9.17, 15) is 5.11 Å². The van der Waals surface area contributed by atoms with E-state index in [0.717, 1.165) is 0 Å². The summed E-state index contributed by atoms with van der Waals surface area (Å²) in [4.78, 5) is 17.8. The minimum absolute atomic E-state index is 0.0972. The molecule has 0 bridgehead atoms. The molecule has 0 radical (unpaired) electrons. The normalized spacial score (nSPS) is 17.4. The average molecular weight is 415 g/mol. The summed E-state index contributed by atoms with van der Waals surface area (Å²) in [7, 11) is 1.57. The highest BCUT2D eigenvalue weighted by Gasteiger charge is 2.20. The summed E-state index contributed by atoms with van der Waals surface area (Å²) in [6, 6.07) is 4.91. The van der Waals surface area contributed by atoms with Crippen molar-refractivity contribution in [1.82, 2.24) is 15.0 Å². The number of nitrogens with one attached hydrogen (secondary N) is 1. The molecule has 4 rings (SSSR count). The maximum atomic E-state index is 10.0. The zero-order valence-corrected chi connectivity index (χ0v) is 16.8. The number of hydrogen-bond acceptors (Lipinski definition) is 11. The van der Waals surface area contributed by atoms with Gasteiger partial charge in [-0.3, -0.25) is 0 Å². The molecule has 1 aromatic carbocycles. The highest BCUT2D eigenvalue weighted by Crippen LogP contribution is 2.22. The zero-order valence-electron chi connectivity index (χ0n) is 16.8. The van der Waals surface area contributed by atoms with E-state index in [4.69, 9.17) is 14.2 Å². The summed E-state index contributed by atoms with van der Waals surface area (Å²) in [5.41, 5.74) is 3.37. The Kier molecular flexibility index (Phi) is 6.40. The SMILES string of the molecule is COc1ccc(O)c(/C=N\Nc2nc(N3CCOCC3)nc(N3CCOCC3)n2)c1. The van der Waals surface area contributed by atoms with Crippen LogP contribution in [0.25, 0.3) is 0 Å². The maximum Gasteiger partial charge on any atom is 0.250 e. The number of phenols is 1. The summed E-state index contributed by atoms with van der Waals surface area (Å²) < 4.78 is 16.0.